The van der Waals surface area contributed by atoms with Crippen LogP contribution in [0.3, 0.4) is 0 Å². The van der Waals surface area contributed by atoms with Crippen molar-refractivity contribution in [1.82, 2.24) is 9.55 Å². The third-order valence-corrected chi connectivity index (χ3v) is 3.38. The second-order valence-electron chi connectivity index (χ2n) is 4.68. The zero-order valence-electron chi connectivity index (χ0n) is 11.0. The molecule has 1 aromatic carbocycles. The van der Waals surface area contributed by atoms with Gasteiger partial charge in [-0.2, -0.15) is 8.78 Å². The van der Waals surface area contributed by atoms with Gasteiger partial charge in [0.2, 0.25) is 0 Å². The molecule has 5 nitrogen and oxygen atoms in total. The summed E-state index contributed by atoms with van der Waals surface area (Å²) in [6.07, 6.45) is 3.56. The van der Waals surface area contributed by atoms with Crippen LogP contribution in [0.15, 0.2) is 24.5 Å². The molecule has 0 bridgehead atoms. The standard InChI is InChI=1S/C13H13F3N4O/c14-8-5-9(17)10(6-11(8)21-13(15)16)20-4-3-19-2-1-18-12(19)7-20/h1-2,5-6,13H,3-4,7,17H2. The number of hydrogen-bond acceptors (Lipinski definition) is 4. The van der Waals surface area contributed by atoms with Gasteiger partial charge < -0.3 is 19.9 Å². The largest absolute Gasteiger partial charge is 0.432 e. The molecule has 0 radical (unpaired) electrons. The van der Waals surface area contributed by atoms with E-state index >= 15 is 0 Å². The van der Waals surface area contributed by atoms with Crippen LogP contribution in [0.1, 0.15) is 5.82 Å². The van der Waals surface area contributed by atoms with Gasteiger partial charge in [-0.1, -0.05) is 0 Å². The van der Waals surface area contributed by atoms with Crippen LogP contribution in [0.4, 0.5) is 24.5 Å². The first kappa shape index (κ1) is 13.6. The van der Waals surface area contributed by atoms with E-state index in [9.17, 15) is 13.2 Å². The molecule has 1 aliphatic rings. The summed E-state index contributed by atoms with van der Waals surface area (Å²) in [5.41, 5.74) is 6.43. The SMILES string of the molecule is Nc1cc(F)c(OC(F)F)cc1N1CCn2ccnc2C1. The van der Waals surface area contributed by atoms with E-state index < -0.39 is 18.2 Å². The normalized spacial score (nSPS) is 14.4. The summed E-state index contributed by atoms with van der Waals surface area (Å²) in [4.78, 5) is 6.06. The third-order valence-electron chi connectivity index (χ3n) is 3.38. The fourth-order valence-electron chi connectivity index (χ4n) is 2.40. The molecule has 2 aromatic rings. The van der Waals surface area contributed by atoms with Crippen molar-refractivity contribution in [2.45, 2.75) is 19.7 Å². The average molecular weight is 298 g/mol. The number of alkyl halides is 2. The summed E-state index contributed by atoms with van der Waals surface area (Å²) in [6.45, 7) is -1.31. The Kier molecular flexibility index (Phi) is 3.36. The molecule has 0 amide bonds. The van der Waals surface area contributed by atoms with Crippen molar-refractivity contribution in [2.75, 3.05) is 17.2 Å². The summed E-state index contributed by atoms with van der Waals surface area (Å²) < 4.78 is 44.3. The van der Waals surface area contributed by atoms with Crippen molar-refractivity contribution in [2.24, 2.45) is 0 Å². The highest BCUT2D eigenvalue weighted by Crippen LogP contribution is 2.33. The summed E-state index contributed by atoms with van der Waals surface area (Å²) in [6, 6.07) is 2.20. The lowest BCUT2D eigenvalue weighted by Crippen LogP contribution is -2.34. The van der Waals surface area contributed by atoms with E-state index in [1.165, 1.54) is 6.07 Å². The van der Waals surface area contributed by atoms with Crippen LogP contribution in [-0.4, -0.2) is 22.7 Å². The highest BCUT2D eigenvalue weighted by atomic mass is 19.3. The molecule has 0 spiro atoms. The maximum absolute atomic E-state index is 13.6. The van der Waals surface area contributed by atoms with Crippen LogP contribution < -0.4 is 15.4 Å². The maximum atomic E-state index is 13.6. The molecule has 1 aliphatic heterocycles. The first-order chi connectivity index (χ1) is 10.0. The number of hydrogen-bond donors (Lipinski definition) is 1. The van der Waals surface area contributed by atoms with Gasteiger partial charge in [0.25, 0.3) is 0 Å². The molecular formula is C13H13F3N4O. The number of benzene rings is 1. The Morgan fingerprint density at radius 2 is 2.10 bits per heavy atom. The molecule has 0 fully saturated rings. The van der Waals surface area contributed by atoms with Crippen molar-refractivity contribution in [3.8, 4) is 5.75 Å². The summed E-state index contributed by atoms with van der Waals surface area (Å²) in [7, 11) is 0. The van der Waals surface area contributed by atoms with Crippen LogP contribution in [0.2, 0.25) is 0 Å². The van der Waals surface area contributed by atoms with Crippen molar-refractivity contribution in [3.63, 3.8) is 0 Å². The Hall–Kier alpha value is -2.38. The van der Waals surface area contributed by atoms with Crippen LogP contribution in [-0.2, 0) is 13.1 Å². The third kappa shape index (κ3) is 2.61. The Morgan fingerprint density at radius 1 is 1.29 bits per heavy atom. The van der Waals surface area contributed by atoms with Crippen LogP contribution in [0.5, 0.6) is 5.75 Å². The monoisotopic (exact) mass is 298 g/mol. The van der Waals surface area contributed by atoms with Crippen LogP contribution in [0, 0.1) is 5.82 Å². The first-order valence-electron chi connectivity index (χ1n) is 6.33. The minimum absolute atomic E-state index is 0.175. The summed E-state index contributed by atoms with van der Waals surface area (Å²) in [5.74, 6) is -0.584. The van der Waals surface area contributed by atoms with Gasteiger partial charge in [0, 0.05) is 37.6 Å². The topological polar surface area (TPSA) is 56.3 Å². The number of halogens is 3. The number of nitrogens with two attached hydrogens (primary N) is 1. The zero-order valence-corrected chi connectivity index (χ0v) is 11.0. The number of imidazole rings is 1. The molecule has 0 saturated carbocycles. The van der Waals surface area contributed by atoms with E-state index in [1.54, 1.807) is 6.20 Å². The van der Waals surface area contributed by atoms with Gasteiger partial charge in [-0.25, -0.2) is 9.37 Å². The van der Waals surface area contributed by atoms with Gasteiger partial charge in [-0.3, -0.25) is 0 Å². The first-order valence-corrected chi connectivity index (χ1v) is 6.33. The predicted molar refractivity (Wildman–Crippen MR) is 70.7 cm³/mol. The number of ether oxygens (including phenoxy) is 1. The predicted octanol–water partition coefficient (Wildman–Crippen LogP) is 2.23. The van der Waals surface area contributed by atoms with E-state index in [4.69, 9.17) is 5.73 Å². The molecule has 8 heteroatoms. The molecule has 2 heterocycles. The molecule has 0 atom stereocenters. The maximum Gasteiger partial charge on any atom is 0.387 e. The van der Waals surface area contributed by atoms with Crippen molar-refractivity contribution in [1.29, 1.82) is 0 Å². The number of nitrogens with zero attached hydrogens (tertiary/aromatic N) is 3. The molecular weight excluding hydrogens is 285 g/mol. The van der Waals surface area contributed by atoms with E-state index in [0.29, 0.717) is 25.3 Å². The number of aromatic nitrogens is 2. The Morgan fingerprint density at radius 3 is 2.86 bits per heavy atom. The van der Waals surface area contributed by atoms with Crippen LogP contribution >= 0.6 is 0 Å². The van der Waals surface area contributed by atoms with Gasteiger partial charge in [0.05, 0.1) is 17.9 Å². The van der Waals surface area contributed by atoms with Gasteiger partial charge in [0.1, 0.15) is 5.82 Å². The summed E-state index contributed by atoms with van der Waals surface area (Å²) >= 11 is 0. The molecule has 0 saturated heterocycles. The minimum Gasteiger partial charge on any atom is -0.432 e. The second-order valence-corrected chi connectivity index (χ2v) is 4.68. The van der Waals surface area contributed by atoms with E-state index in [0.717, 1.165) is 11.9 Å². The molecule has 3 rings (SSSR count). The average Bonchev–Trinajstić information content (AvgIpc) is 2.88. The van der Waals surface area contributed by atoms with E-state index in [-0.39, 0.29) is 5.69 Å². The van der Waals surface area contributed by atoms with E-state index in [2.05, 4.69) is 9.72 Å². The Labute approximate surface area is 118 Å². The molecule has 112 valence electrons. The lowest BCUT2D eigenvalue weighted by atomic mass is 10.2. The smallest absolute Gasteiger partial charge is 0.387 e. The van der Waals surface area contributed by atoms with Crippen LogP contribution in [0.25, 0.3) is 0 Å². The molecule has 1 aromatic heterocycles. The van der Waals surface area contributed by atoms with Gasteiger partial charge in [0.15, 0.2) is 11.6 Å². The highest BCUT2D eigenvalue weighted by molar-refractivity contribution is 5.70. The van der Waals surface area contributed by atoms with E-state index in [1.807, 2.05) is 15.7 Å². The zero-order chi connectivity index (χ0) is 15.0. The van der Waals surface area contributed by atoms with Crippen molar-refractivity contribution < 1.29 is 17.9 Å². The fraction of sp³-hybridized carbons (Fsp3) is 0.308. The Bertz CT molecular complexity index is 659. The second kappa shape index (κ2) is 5.19. The van der Waals surface area contributed by atoms with Gasteiger partial charge in [-0.05, 0) is 0 Å². The number of rotatable bonds is 3. The highest BCUT2D eigenvalue weighted by Gasteiger charge is 2.21. The van der Waals surface area contributed by atoms with Gasteiger partial charge in [-0.15, -0.1) is 0 Å². The molecule has 0 aliphatic carbocycles. The minimum atomic E-state index is -3.09. The quantitative estimate of drug-likeness (QED) is 0.883. The molecule has 2 N–H and O–H groups in total. The summed E-state index contributed by atoms with van der Waals surface area (Å²) in [5, 5.41) is 0. The number of nitrogen functional groups attached to an aromatic ring is 1. The van der Waals surface area contributed by atoms with Crippen molar-refractivity contribution in [3.05, 3.63) is 36.2 Å². The number of fused-ring (bicyclic) bond motifs is 1. The van der Waals surface area contributed by atoms with Crippen molar-refractivity contribution >= 4 is 11.4 Å². The van der Waals surface area contributed by atoms with Gasteiger partial charge >= 0.3 is 6.61 Å². The molecule has 21 heavy (non-hydrogen) atoms. The fourth-order valence-corrected chi connectivity index (χ4v) is 2.40. The molecule has 0 unspecified atom stereocenters. The Balaban J connectivity index is 1.91. The lowest BCUT2D eigenvalue weighted by molar-refractivity contribution is -0.0521. The number of anilines is 2. The lowest BCUT2D eigenvalue weighted by Gasteiger charge is -2.30.